The number of hydrogen-bond donors (Lipinski definition) is 2. The van der Waals surface area contributed by atoms with Gasteiger partial charge in [-0.15, -0.1) is 0 Å². The van der Waals surface area contributed by atoms with Gasteiger partial charge in [0.25, 0.3) is 0 Å². The van der Waals surface area contributed by atoms with Crippen LogP contribution in [0.4, 0.5) is 4.39 Å². The average Bonchev–Trinajstić information content (AvgIpc) is 3.11. The third kappa shape index (κ3) is 4.79. The first-order valence-corrected chi connectivity index (χ1v) is 10.5. The molecule has 1 aromatic carbocycles. The highest BCUT2D eigenvalue weighted by molar-refractivity contribution is 5.90. The van der Waals surface area contributed by atoms with E-state index in [0.29, 0.717) is 29.6 Å². The second kappa shape index (κ2) is 9.46. The molecule has 0 unspecified atom stereocenters. The number of hydrogen-bond acceptors (Lipinski definition) is 5. The lowest BCUT2D eigenvalue weighted by molar-refractivity contribution is -0.144. The van der Waals surface area contributed by atoms with Crippen molar-refractivity contribution in [2.75, 3.05) is 26.2 Å². The van der Waals surface area contributed by atoms with Gasteiger partial charge >= 0.3 is 11.9 Å². The normalized spacial score (nSPS) is 16.3. The standard InChI is InChI=1S/C23H25FN4O4/c24-17-1-2-18-19(15-28(20(18)13-17)8-5-21(29)30)22(23(31)32)27-11-9-26(10-12-27)14-16-3-6-25-7-4-16/h1-4,6-7,13,15,22H,5,8-12,14H2,(H,29,30)(H,31,32)/t22-/m1/s1. The van der Waals surface area contributed by atoms with Crippen LogP contribution in [0.5, 0.6) is 0 Å². The molecule has 0 saturated carbocycles. The molecule has 1 aliphatic rings. The van der Waals surface area contributed by atoms with Crippen molar-refractivity contribution >= 4 is 22.8 Å². The van der Waals surface area contributed by atoms with Crippen LogP contribution in [-0.2, 0) is 22.7 Å². The Morgan fingerprint density at radius 3 is 2.44 bits per heavy atom. The Hall–Kier alpha value is -3.30. The molecule has 3 aromatic rings. The van der Waals surface area contributed by atoms with Crippen molar-refractivity contribution in [2.24, 2.45) is 0 Å². The second-order valence-corrected chi connectivity index (χ2v) is 7.99. The van der Waals surface area contributed by atoms with E-state index in [1.54, 1.807) is 29.2 Å². The summed E-state index contributed by atoms with van der Waals surface area (Å²) in [6.45, 7) is 3.51. The molecule has 8 nitrogen and oxygen atoms in total. The highest BCUT2D eigenvalue weighted by Gasteiger charge is 2.32. The minimum absolute atomic E-state index is 0.134. The average molecular weight is 440 g/mol. The van der Waals surface area contributed by atoms with Gasteiger partial charge in [0.05, 0.1) is 11.9 Å². The van der Waals surface area contributed by atoms with Crippen LogP contribution >= 0.6 is 0 Å². The minimum atomic E-state index is -0.978. The Labute approximate surface area is 184 Å². The SMILES string of the molecule is O=C(O)CCn1cc([C@H](C(=O)O)N2CCN(Cc3ccncc3)CC2)c2ccc(F)cc21. The fourth-order valence-corrected chi connectivity index (χ4v) is 4.32. The molecule has 3 heterocycles. The van der Waals surface area contributed by atoms with Crippen LogP contribution in [0.2, 0.25) is 0 Å². The Bertz CT molecular complexity index is 1110. The largest absolute Gasteiger partial charge is 0.481 e. The Kier molecular flexibility index (Phi) is 6.48. The minimum Gasteiger partial charge on any atom is -0.481 e. The molecule has 32 heavy (non-hydrogen) atoms. The summed E-state index contributed by atoms with van der Waals surface area (Å²) in [6.07, 6.45) is 5.05. The summed E-state index contributed by atoms with van der Waals surface area (Å²) in [5, 5.41) is 19.8. The van der Waals surface area contributed by atoms with Crippen LogP contribution in [0.1, 0.15) is 23.6 Å². The molecule has 0 spiro atoms. The van der Waals surface area contributed by atoms with E-state index in [9.17, 15) is 19.1 Å². The van der Waals surface area contributed by atoms with Crippen LogP contribution in [0.15, 0.2) is 48.9 Å². The lowest BCUT2D eigenvalue weighted by Gasteiger charge is -2.37. The summed E-state index contributed by atoms with van der Waals surface area (Å²) in [6, 6.07) is 7.25. The Balaban J connectivity index is 1.56. The topological polar surface area (TPSA) is 98.9 Å². The molecular weight excluding hydrogens is 415 g/mol. The monoisotopic (exact) mass is 440 g/mol. The van der Waals surface area contributed by atoms with E-state index in [-0.39, 0.29) is 13.0 Å². The molecule has 0 aliphatic carbocycles. The number of carboxylic acid groups (broad SMARTS) is 2. The zero-order chi connectivity index (χ0) is 22.7. The van der Waals surface area contributed by atoms with Gasteiger partial charge in [-0.2, -0.15) is 0 Å². The van der Waals surface area contributed by atoms with Crippen LogP contribution in [0, 0.1) is 5.82 Å². The summed E-state index contributed by atoms with van der Waals surface area (Å²) < 4.78 is 15.5. The van der Waals surface area contributed by atoms with Gasteiger partial charge in [0, 0.05) is 68.8 Å². The Morgan fingerprint density at radius 2 is 1.78 bits per heavy atom. The first kappa shape index (κ1) is 21.9. The van der Waals surface area contributed by atoms with E-state index >= 15 is 0 Å². The van der Waals surface area contributed by atoms with E-state index in [4.69, 9.17) is 5.11 Å². The highest BCUT2D eigenvalue weighted by Crippen LogP contribution is 2.32. The zero-order valence-corrected chi connectivity index (χ0v) is 17.5. The summed E-state index contributed by atoms with van der Waals surface area (Å²) >= 11 is 0. The van der Waals surface area contributed by atoms with Crippen molar-refractivity contribution < 1.29 is 24.2 Å². The van der Waals surface area contributed by atoms with Crippen molar-refractivity contribution in [3.8, 4) is 0 Å². The summed E-state index contributed by atoms with van der Waals surface area (Å²) in [5.41, 5.74) is 2.22. The van der Waals surface area contributed by atoms with Crippen molar-refractivity contribution in [3.63, 3.8) is 0 Å². The highest BCUT2D eigenvalue weighted by atomic mass is 19.1. The third-order valence-corrected chi connectivity index (χ3v) is 5.90. The molecule has 2 N–H and O–H groups in total. The number of carbonyl (C=O) groups is 2. The number of fused-ring (bicyclic) bond motifs is 1. The number of carboxylic acids is 2. The van der Waals surface area contributed by atoms with Gasteiger partial charge in [-0.3, -0.25) is 24.4 Å². The van der Waals surface area contributed by atoms with E-state index < -0.39 is 23.8 Å². The number of piperazine rings is 1. The van der Waals surface area contributed by atoms with E-state index in [2.05, 4.69) is 9.88 Å². The zero-order valence-electron chi connectivity index (χ0n) is 17.5. The number of halogens is 1. The van der Waals surface area contributed by atoms with Gasteiger partial charge in [-0.1, -0.05) is 0 Å². The van der Waals surface area contributed by atoms with Crippen LogP contribution < -0.4 is 0 Å². The molecule has 1 aliphatic heterocycles. The van der Waals surface area contributed by atoms with E-state index in [0.717, 1.165) is 25.2 Å². The number of rotatable bonds is 8. The van der Waals surface area contributed by atoms with Crippen LogP contribution in [0.3, 0.4) is 0 Å². The van der Waals surface area contributed by atoms with Crippen molar-refractivity contribution in [1.82, 2.24) is 19.4 Å². The number of aryl methyl sites for hydroxylation is 1. The molecule has 2 aromatic heterocycles. The second-order valence-electron chi connectivity index (χ2n) is 7.99. The molecule has 1 saturated heterocycles. The van der Waals surface area contributed by atoms with E-state index in [1.165, 1.54) is 12.1 Å². The fraction of sp³-hybridized carbons (Fsp3) is 0.348. The maximum Gasteiger partial charge on any atom is 0.325 e. The quantitative estimate of drug-likeness (QED) is 0.556. The predicted octanol–water partition coefficient (Wildman–Crippen LogP) is 2.59. The number of benzene rings is 1. The molecule has 4 rings (SSSR count). The van der Waals surface area contributed by atoms with Crippen molar-refractivity contribution in [2.45, 2.75) is 25.6 Å². The van der Waals surface area contributed by atoms with Crippen molar-refractivity contribution in [1.29, 1.82) is 0 Å². The summed E-state index contributed by atoms with van der Waals surface area (Å²) in [4.78, 5) is 31.6. The van der Waals surface area contributed by atoms with Gasteiger partial charge in [0.15, 0.2) is 0 Å². The van der Waals surface area contributed by atoms with E-state index in [1.807, 2.05) is 17.0 Å². The number of aliphatic carboxylic acids is 2. The first-order valence-electron chi connectivity index (χ1n) is 10.5. The van der Waals surface area contributed by atoms with Gasteiger partial charge in [0.2, 0.25) is 0 Å². The maximum absolute atomic E-state index is 13.9. The molecular formula is C23H25FN4O4. The predicted molar refractivity (Wildman–Crippen MR) is 116 cm³/mol. The third-order valence-electron chi connectivity index (χ3n) is 5.90. The summed E-state index contributed by atoms with van der Waals surface area (Å²) in [7, 11) is 0. The molecule has 0 amide bonds. The maximum atomic E-state index is 13.9. The molecule has 1 fully saturated rings. The van der Waals surface area contributed by atoms with Crippen molar-refractivity contribution in [3.05, 3.63) is 65.9 Å². The fourth-order valence-electron chi connectivity index (χ4n) is 4.32. The molecule has 168 valence electrons. The van der Waals surface area contributed by atoms with Gasteiger partial charge in [0.1, 0.15) is 11.9 Å². The Morgan fingerprint density at radius 1 is 1.06 bits per heavy atom. The lowest BCUT2D eigenvalue weighted by Crippen LogP contribution is -2.48. The molecule has 0 radical (unpaired) electrons. The molecule has 9 heteroatoms. The molecule has 1 atom stereocenters. The van der Waals surface area contributed by atoms with Crippen LogP contribution in [-0.4, -0.2) is 67.7 Å². The van der Waals surface area contributed by atoms with Gasteiger partial charge in [-0.05, 0) is 35.9 Å². The number of pyridine rings is 1. The van der Waals surface area contributed by atoms with Gasteiger partial charge < -0.3 is 14.8 Å². The number of nitrogens with zero attached hydrogens (tertiary/aromatic N) is 4. The molecule has 0 bridgehead atoms. The first-order chi connectivity index (χ1) is 15.4. The summed E-state index contributed by atoms with van der Waals surface area (Å²) in [5.74, 6) is -2.39. The smallest absolute Gasteiger partial charge is 0.325 e. The number of aromatic nitrogens is 2. The lowest BCUT2D eigenvalue weighted by atomic mass is 10.0. The van der Waals surface area contributed by atoms with Gasteiger partial charge in [-0.25, -0.2) is 4.39 Å². The van der Waals surface area contributed by atoms with Crippen LogP contribution in [0.25, 0.3) is 10.9 Å².